The van der Waals surface area contributed by atoms with Gasteiger partial charge in [0.25, 0.3) is 5.91 Å². The fourth-order valence-corrected chi connectivity index (χ4v) is 3.31. The van der Waals surface area contributed by atoms with Gasteiger partial charge in [0.15, 0.2) is 0 Å². The molecule has 0 unspecified atom stereocenters. The predicted molar refractivity (Wildman–Crippen MR) is 94.4 cm³/mol. The number of amides is 1. The first-order valence-electron chi connectivity index (χ1n) is 8.41. The summed E-state index contributed by atoms with van der Waals surface area (Å²) < 4.78 is 2.07. The van der Waals surface area contributed by atoms with E-state index in [2.05, 4.69) is 27.8 Å². The molecule has 0 aromatic carbocycles. The summed E-state index contributed by atoms with van der Waals surface area (Å²) in [6.07, 6.45) is 3.73. The van der Waals surface area contributed by atoms with E-state index in [1.54, 1.807) is 6.20 Å². The van der Waals surface area contributed by atoms with E-state index in [1.165, 1.54) is 0 Å². The lowest BCUT2D eigenvalue weighted by Gasteiger charge is -2.33. The summed E-state index contributed by atoms with van der Waals surface area (Å²) in [6, 6.07) is 6.09. The fourth-order valence-electron chi connectivity index (χ4n) is 3.31. The number of carbonyl (C=O) groups excluding carboxylic acids is 1. The Bertz CT molecular complexity index is 720. The second-order valence-electron chi connectivity index (χ2n) is 6.72. The van der Waals surface area contributed by atoms with Crippen LogP contribution in [-0.4, -0.2) is 52.8 Å². The molecule has 1 fully saturated rings. The molecule has 0 saturated carbocycles. The van der Waals surface area contributed by atoms with Crippen LogP contribution < -0.4 is 4.90 Å². The average Bonchev–Trinajstić information content (AvgIpc) is 2.93. The largest absolute Gasteiger partial charge is 0.363 e. The maximum atomic E-state index is 12.8. The van der Waals surface area contributed by atoms with Crippen molar-refractivity contribution in [2.24, 2.45) is 0 Å². The predicted octanol–water partition coefficient (Wildman–Crippen LogP) is 2.44. The van der Waals surface area contributed by atoms with Gasteiger partial charge in [0.2, 0.25) is 0 Å². The third-order valence-corrected chi connectivity index (χ3v) is 4.53. The molecular formula is C18H25N5O. The number of likely N-dealkylation sites (tertiary alicyclic amines) is 1. The van der Waals surface area contributed by atoms with Crippen molar-refractivity contribution in [1.82, 2.24) is 19.7 Å². The van der Waals surface area contributed by atoms with E-state index in [9.17, 15) is 4.79 Å². The summed E-state index contributed by atoms with van der Waals surface area (Å²) in [4.78, 5) is 21.0. The van der Waals surface area contributed by atoms with E-state index in [4.69, 9.17) is 0 Å². The minimum Gasteiger partial charge on any atom is -0.363 e. The lowest BCUT2D eigenvalue weighted by atomic mass is 10.0. The topological polar surface area (TPSA) is 54.3 Å². The number of nitrogens with zero attached hydrogens (tertiary/aromatic N) is 5. The van der Waals surface area contributed by atoms with Gasteiger partial charge in [-0.2, -0.15) is 5.10 Å². The van der Waals surface area contributed by atoms with Gasteiger partial charge in [-0.15, -0.1) is 0 Å². The Balaban J connectivity index is 1.74. The van der Waals surface area contributed by atoms with Gasteiger partial charge in [-0.3, -0.25) is 9.48 Å². The van der Waals surface area contributed by atoms with E-state index in [1.807, 2.05) is 43.0 Å². The molecule has 2 aromatic rings. The lowest BCUT2D eigenvalue weighted by molar-refractivity contribution is 0.0671. The Hall–Kier alpha value is -2.37. The molecule has 0 aliphatic carbocycles. The number of aryl methyl sites for hydroxylation is 2. The van der Waals surface area contributed by atoms with Crippen LogP contribution in [0, 0.1) is 13.8 Å². The summed E-state index contributed by atoms with van der Waals surface area (Å²) in [6.45, 7) is 5.58. The molecule has 6 heteroatoms. The number of anilines is 1. The highest BCUT2D eigenvalue weighted by Crippen LogP contribution is 2.24. The minimum absolute atomic E-state index is 0.0547. The van der Waals surface area contributed by atoms with Crippen molar-refractivity contribution < 1.29 is 4.79 Å². The summed E-state index contributed by atoms with van der Waals surface area (Å²) in [5, 5.41) is 4.59. The monoisotopic (exact) mass is 327 g/mol. The van der Waals surface area contributed by atoms with E-state index < -0.39 is 0 Å². The number of hydrogen-bond donors (Lipinski definition) is 0. The number of hydrogen-bond acceptors (Lipinski definition) is 4. The van der Waals surface area contributed by atoms with Gasteiger partial charge in [0, 0.05) is 39.1 Å². The number of carbonyl (C=O) groups is 1. The van der Waals surface area contributed by atoms with Crippen LogP contribution in [0.3, 0.4) is 0 Å². The molecule has 0 bridgehead atoms. The Labute approximate surface area is 143 Å². The normalized spacial score (nSPS) is 17.8. The van der Waals surface area contributed by atoms with Crippen molar-refractivity contribution in [2.75, 3.05) is 32.1 Å². The van der Waals surface area contributed by atoms with E-state index in [0.29, 0.717) is 12.1 Å². The van der Waals surface area contributed by atoms with Crippen molar-refractivity contribution in [3.63, 3.8) is 0 Å². The summed E-state index contributed by atoms with van der Waals surface area (Å²) >= 11 is 0. The molecule has 24 heavy (non-hydrogen) atoms. The van der Waals surface area contributed by atoms with E-state index in [-0.39, 0.29) is 11.9 Å². The SMILES string of the molecule is Cc1cc(C)n([C@H]2CCCN(C(=O)c3ccc(N(C)C)nc3)C2)n1. The Morgan fingerprint density at radius 2 is 2.08 bits per heavy atom. The first-order valence-corrected chi connectivity index (χ1v) is 8.41. The van der Waals surface area contributed by atoms with Crippen LogP contribution in [0.1, 0.15) is 40.6 Å². The molecule has 0 spiro atoms. The molecule has 0 radical (unpaired) electrons. The smallest absolute Gasteiger partial charge is 0.255 e. The number of rotatable bonds is 3. The van der Waals surface area contributed by atoms with Gasteiger partial charge < -0.3 is 9.80 Å². The molecule has 2 aromatic heterocycles. The fraction of sp³-hybridized carbons (Fsp3) is 0.500. The van der Waals surface area contributed by atoms with Crippen LogP contribution in [0.15, 0.2) is 24.4 Å². The number of pyridine rings is 1. The van der Waals surface area contributed by atoms with Crippen molar-refractivity contribution in [2.45, 2.75) is 32.7 Å². The Kier molecular flexibility index (Phi) is 4.55. The van der Waals surface area contributed by atoms with Crippen molar-refractivity contribution in [3.8, 4) is 0 Å². The summed E-state index contributed by atoms with van der Waals surface area (Å²) in [5.41, 5.74) is 2.83. The quantitative estimate of drug-likeness (QED) is 0.869. The first kappa shape index (κ1) is 16.5. The highest BCUT2D eigenvalue weighted by Gasteiger charge is 2.27. The first-order chi connectivity index (χ1) is 11.5. The average molecular weight is 327 g/mol. The van der Waals surface area contributed by atoms with Gasteiger partial charge in [0.1, 0.15) is 5.82 Å². The van der Waals surface area contributed by atoms with Gasteiger partial charge in [-0.05, 0) is 44.9 Å². The molecule has 1 amide bonds. The molecule has 1 aliphatic rings. The van der Waals surface area contributed by atoms with E-state index in [0.717, 1.165) is 36.6 Å². The molecule has 6 nitrogen and oxygen atoms in total. The molecule has 0 N–H and O–H groups in total. The molecule has 1 saturated heterocycles. The standard InChI is InChI=1S/C18H25N5O/c1-13-10-14(2)23(20-13)16-6-5-9-22(12-16)18(24)15-7-8-17(19-11-15)21(3)4/h7-8,10-11,16H,5-6,9,12H2,1-4H3/t16-/m0/s1. The molecule has 1 aliphatic heterocycles. The second-order valence-corrected chi connectivity index (χ2v) is 6.72. The van der Waals surface area contributed by atoms with Crippen LogP contribution in [0.25, 0.3) is 0 Å². The zero-order valence-electron chi connectivity index (χ0n) is 14.9. The van der Waals surface area contributed by atoms with Gasteiger partial charge >= 0.3 is 0 Å². The highest BCUT2D eigenvalue weighted by atomic mass is 16.2. The van der Waals surface area contributed by atoms with Crippen molar-refractivity contribution in [1.29, 1.82) is 0 Å². The van der Waals surface area contributed by atoms with Crippen LogP contribution in [0.5, 0.6) is 0 Å². The van der Waals surface area contributed by atoms with Crippen LogP contribution >= 0.6 is 0 Å². The second kappa shape index (κ2) is 6.63. The Morgan fingerprint density at radius 3 is 2.67 bits per heavy atom. The lowest BCUT2D eigenvalue weighted by Crippen LogP contribution is -2.41. The van der Waals surface area contributed by atoms with Gasteiger partial charge in [-0.25, -0.2) is 4.98 Å². The molecule has 3 rings (SSSR count). The van der Waals surface area contributed by atoms with Crippen LogP contribution in [0.2, 0.25) is 0 Å². The number of aromatic nitrogens is 3. The third kappa shape index (κ3) is 3.27. The van der Waals surface area contributed by atoms with Crippen LogP contribution in [0.4, 0.5) is 5.82 Å². The highest BCUT2D eigenvalue weighted by molar-refractivity contribution is 5.94. The molecule has 1 atom stereocenters. The van der Waals surface area contributed by atoms with Crippen molar-refractivity contribution >= 4 is 11.7 Å². The van der Waals surface area contributed by atoms with Crippen LogP contribution in [-0.2, 0) is 0 Å². The molecule has 128 valence electrons. The molecule has 3 heterocycles. The van der Waals surface area contributed by atoms with Gasteiger partial charge in [0.05, 0.1) is 17.3 Å². The summed E-state index contributed by atoms with van der Waals surface area (Å²) in [5.74, 6) is 0.907. The Morgan fingerprint density at radius 1 is 1.29 bits per heavy atom. The zero-order chi connectivity index (χ0) is 17.3. The molecular weight excluding hydrogens is 302 g/mol. The zero-order valence-corrected chi connectivity index (χ0v) is 14.9. The maximum Gasteiger partial charge on any atom is 0.255 e. The minimum atomic E-state index is 0.0547. The third-order valence-electron chi connectivity index (χ3n) is 4.53. The van der Waals surface area contributed by atoms with E-state index >= 15 is 0 Å². The summed E-state index contributed by atoms with van der Waals surface area (Å²) in [7, 11) is 3.88. The maximum absolute atomic E-state index is 12.8. The van der Waals surface area contributed by atoms with Gasteiger partial charge in [-0.1, -0.05) is 0 Å². The number of piperidine rings is 1. The van der Waals surface area contributed by atoms with Crippen molar-refractivity contribution in [3.05, 3.63) is 41.3 Å².